The van der Waals surface area contributed by atoms with E-state index in [-0.39, 0.29) is 18.7 Å². The number of imide groups is 1. The summed E-state index contributed by atoms with van der Waals surface area (Å²) in [6.45, 7) is 3.48. The van der Waals surface area contributed by atoms with Gasteiger partial charge in [-0.3, -0.25) is 4.79 Å². The molecule has 0 saturated heterocycles. The van der Waals surface area contributed by atoms with Crippen molar-refractivity contribution in [1.29, 1.82) is 5.26 Å². The van der Waals surface area contributed by atoms with Crippen molar-refractivity contribution in [3.8, 4) is 6.07 Å². The minimum Gasteiger partial charge on any atom is -0.449 e. The fourth-order valence-corrected chi connectivity index (χ4v) is 1.92. The molecule has 2 amide bonds. The van der Waals surface area contributed by atoms with Crippen LogP contribution in [-0.2, 0) is 9.53 Å². The summed E-state index contributed by atoms with van der Waals surface area (Å²) >= 11 is 11.7. The van der Waals surface area contributed by atoms with E-state index in [1.54, 1.807) is 32.0 Å². The van der Waals surface area contributed by atoms with Crippen LogP contribution in [0.5, 0.6) is 0 Å². The maximum Gasteiger partial charge on any atom is 0.416 e. The molecule has 1 aromatic carbocycles. The Morgan fingerprint density at radius 1 is 1.32 bits per heavy atom. The van der Waals surface area contributed by atoms with Crippen LogP contribution in [0.3, 0.4) is 0 Å². The summed E-state index contributed by atoms with van der Waals surface area (Å²) in [7, 11) is 0. The summed E-state index contributed by atoms with van der Waals surface area (Å²) in [5, 5.41) is 9.83. The Balaban J connectivity index is 3.10. The van der Waals surface area contributed by atoms with Crippen LogP contribution in [0.2, 0.25) is 10.0 Å². The largest absolute Gasteiger partial charge is 0.449 e. The third kappa shape index (κ3) is 4.48. The summed E-state index contributed by atoms with van der Waals surface area (Å²) in [4.78, 5) is 24.8. The molecule has 0 aliphatic heterocycles. The van der Waals surface area contributed by atoms with Crippen molar-refractivity contribution >= 4 is 41.3 Å². The van der Waals surface area contributed by atoms with Gasteiger partial charge in [0.25, 0.3) is 5.91 Å². The SMILES string of the molecule is CCOC(=O)N(CC)C(=O)/C(C#N)=C/c1ccc(Cl)c(Cl)c1. The maximum absolute atomic E-state index is 12.3. The molecule has 0 unspecified atom stereocenters. The molecule has 0 aromatic heterocycles. The number of halogens is 2. The average molecular weight is 341 g/mol. The molecule has 1 rings (SSSR count). The van der Waals surface area contributed by atoms with Gasteiger partial charge in [0.15, 0.2) is 0 Å². The molecule has 0 spiro atoms. The number of nitriles is 1. The number of carbonyl (C=O) groups is 2. The minimum atomic E-state index is -0.787. The molecule has 22 heavy (non-hydrogen) atoms. The Morgan fingerprint density at radius 3 is 2.50 bits per heavy atom. The van der Waals surface area contributed by atoms with Gasteiger partial charge in [0, 0.05) is 6.54 Å². The van der Waals surface area contributed by atoms with Crippen molar-refractivity contribution in [2.45, 2.75) is 13.8 Å². The van der Waals surface area contributed by atoms with Gasteiger partial charge in [-0.25, -0.2) is 9.69 Å². The number of nitrogens with zero attached hydrogens (tertiary/aromatic N) is 2. The summed E-state index contributed by atoms with van der Waals surface area (Å²) in [6.07, 6.45) is 0.553. The summed E-state index contributed by atoms with van der Waals surface area (Å²) in [6, 6.07) is 6.47. The van der Waals surface area contributed by atoms with E-state index in [9.17, 15) is 9.59 Å². The first-order chi connectivity index (χ1) is 10.4. The second kappa shape index (κ2) is 8.42. The van der Waals surface area contributed by atoms with E-state index in [0.717, 1.165) is 4.90 Å². The molecule has 0 bridgehead atoms. The average Bonchev–Trinajstić information content (AvgIpc) is 2.49. The van der Waals surface area contributed by atoms with Crippen LogP contribution in [0.15, 0.2) is 23.8 Å². The van der Waals surface area contributed by atoms with Gasteiger partial charge in [0.05, 0.1) is 16.7 Å². The fourth-order valence-electron chi connectivity index (χ4n) is 1.61. The Labute approximate surface area is 138 Å². The molecule has 0 atom stereocenters. The van der Waals surface area contributed by atoms with Crippen molar-refractivity contribution in [2.75, 3.05) is 13.2 Å². The number of benzene rings is 1. The number of ether oxygens (including phenoxy) is 1. The van der Waals surface area contributed by atoms with E-state index < -0.39 is 12.0 Å². The van der Waals surface area contributed by atoms with Crippen molar-refractivity contribution in [2.24, 2.45) is 0 Å². The molecule has 0 heterocycles. The molecule has 116 valence electrons. The van der Waals surface area contributed by atoms with Crippen molar-refractivity contribution < 1.29 is 14.3 Å². The number of carbonyl (C=O) groups excluding carboxylic acids is 2. The predicted molar refractivity (Wildman–Crippen MR) is 84.5 cm³/mol. The lowest BCUT2D eigenvalue weighted by Gasteiger charge is -2.17. The molecule has 0 N–H and O–H groups in total. The fraction of sp³-hybridized carbons (Fsp3) is 0.267. The van der Waals surface area contributed by atoms with Crippen LogP contribution in [-0.4, -0.2) is 30.1 Å². The molecule has 0 fully saturated rings. The number of likely N-dealkylation sites (N-methyl/N-ethyl adjacent to an activating group) is 1. The van der Waals surface area contributed by atoms with Gasteiger partial charge in [-0.15, -0.1) is 0 Å². The van der Waals surface area contributed by atoms with Crippen LogP contribution in [0, 0.1) is 11.3 Å². The van der Waals surface area contributed by atoms with Crippen LogP contribution < -0.4 is 0 Å². The lowest BCUT2D eigenvalue weighted by molar-refractivity contribution is -0.124. The van der Waals surface area contributed by atoms with Gasteiger partial charge in [-0.05, 0) is 37.6 Å². The van der Waals surface area contributed by atoms with Crippen LogP contribution in [0.4, 0.5) is 4.79 Å². The molecular formula is C15H14Cl2N2O3. The maximum atomic E-state index is 12.3. The Bertz CT molecular complexity index is 651. The molecule has 7 heteroatoms. The highest BCUT2D eigenvalue weighted by atomic mass is 35.5. The van der Waals surface area contributed by atoms with E-state index in [4.69, 9.17) is 33.2 Å². The highest BCUT2D eigenvalue weighted by Gasteiger charge is 2.24. The second-order valence-electron chi connectivity index (χ2n) is 4.09. The highest BCUT2D eigenvalue weighted by Crippen LogP contribution is 2.24. The first-order valence-corrected chi connectivity index (χ1v) is 7.25. The summed E-state index contributed by atoms with van der Waals surface area (Å²) in [5.41, 5.74) is 0.326. The summed E-state index contributed by atoms with van der Waals surface area (Å²) in [5.74, 6) is -0.727. The van der Waals surface area contributed by atoms with Gasteiger partial charge in [-0.1, -0.05) is 29.3 Å². The van der Waals surface area contributed by atoms with E-state index in [1.165, 1.54) is 12.1 Å². The number of rotatable bonds is 4. The lowest BCUT2D eigenvalue weighted by atomic mass is 10.1. The van der Waals surface area contributed by atoms with Crippen molar-refractivity contribution in [3.05, 3.63) is 39.4 Å². The Kier molecular flexibility index (Phi) is 6.90. The first kappa shape index (κ1) is 18.0. The molecular weight excluding hydrogens is 327 g/mol. The molecule has 5 nitrogen and oxygen atoms in total. The van der Waals surface area contributed by atoms with Gasteiger partial charge in [0.1, 0.15) is 11.6 Å². The first-order valence-electron chi connectivity index (χ1n) is 6.50. The summed E-state index contributed by atoms with van der Waals surface area (Å²) < 4.78 is 4.79. The third-order valence-electron chi connectivity index (χ3n) is 2.66. The van der Waals surface area contributed by atoms with Crippen molar-refractivity contribution in [1.82, 2.24) is 4.90 Å². The molecule has 1 aromatic rings. The smallest absolute Gasteiger partial charge is 0.416 e. The Hall–Kier alpha value is -2.03. The monoisotopic (exact) mass is 340 g/mol. The zero-order chi connectivity index (χ0) is 16.7. The Morgan fingerprint density at radius 2 is 2.00 bits per heavy atom. The molecule has 0 radical (unpaired) electrons. The van der Waals surface area contributed by atoms with Crippen LogP contribution in [0.1, 0.15) is 19.4 Å². The third-order valence-corrected chi connectivity index (χ3v) is 3.39. The number of amides is 2. The van der Waals surface area contributed by atoms with Crippen molar-refractivity contribution in [3.63, 3.8) is 0 Å². The number of hydrogen-bond donors (Lipinski definition) is 0. The van der Waals surface area contributed by atoms with Crippen LogP contribution >= 0.6 is 23.2 Å². The number of hydrogen-bond acceptors (Lipinski definition) is 4. The van der Waals surface area contributed by atoms with Gasteiger partial charge >= 0.3 is 6.09 Å². The zero-order valence-electron chi connectivity index (χ0n) is 12.1. The standard InChI is InChI=1S/C15H14Cl2N2O3/c1-3-19(15(21)22-4-2)14(20)11(9-18)7-10-5-6-12(16)13(17)8-10/h5-8H,3-4H2,1-2H3/b11-7+. The lowest BCUT2D eigenvalue weighted by Crippen LogP contribution is -2.37. The quantitative estimate of drug-likeness (QED) is 0.615. The van der Waals surface area contributed by atoms with E-state index in [1.807, 2.05) is 0 Å². The second-order valence-corrected chi connectivity index (χ2v) is 4.91. The minimum absolute atomic E-state index is 0.0953. The van der Waals surface area contributed by atoms with Gasteiger partial charge in [0.2, 0.25) is 0 Å². The normalized spacial score (nSPS) is 10.8. The van der Waals surface area contributed by atoms with Crippen LogP contribution in [0.25, 0.3) is 6.08 Å². The highest BCUT2D eigenvalue weighted by molar-refractivity contribution is 6.42. The van der Waals surface area contributed by atoms with E-state index >= 15 is 0 Å². The topological polar surface area (TPSA) is 70.4 Å². The predicted octanol–water partition coefficient (Wildman–Crippen LogP) is 3.91. The van der Waals surface area contributed by atoms with Gasteiger partial charge < -0.3 is 4.74 Å². The van der Waals surface area contributed by atoms with Gasteiger partial charge in [-0.2, -0.15) is 5.26 Å². The van der Waals surface area contributed by atoms with E-state index in [2.05, 4.69) is 0 Å². The molecule has 0 aliphatic carbocycles. The molecule has 0 saturated carbocycles. The molecule has 0 aliphatic rings. The zero-order valence-corrected chi connectivity index (χ0v) is 13.6. The van der Waals surface area contributed by atoms with E-state index in [0.29, 0.717) is 15.6 Å².